The molecule has 1 aliphatic rings. The predicted octanol–water partition coefficient (Wildman–Crippen LogP) is 0.736. The molecule has 1 heterocycles. The Hall–Kier alpha value is -5.75. The van der Waals surface area contributed by atoms with Crippen molar-refractivity contribution in [3.8, 4) is 5.75 Å². The Morgan fingerprint density at radius 1 is 0.714 bits per heavy atom. The van der Waals surface area contributed by atoms with Crippen molar-refractivity contribution in [1.29, 1.82) is 0 Å². The normalized spacial score (nSPS) is 12.9. The van der Waals surface area contributed by atoms with Crippen molar-refractivity contribution in [3.05, 3.63) is 54.1 Å². The van der Waals surface area contributed by atoms with Crippen molar-refractivity contribution >= 4 is 53.1 Å². The number of carboxylic acid groups (broad SMARTS) is 6. The van der Waals surface area contributed by atoms with Crippen molar-refractivity contribution in [1.82, 2.24) is 9.80 Å². The van der Waals surface area contributed by atoms with Gasteiger partial charge < -0.3 is 50.9 Å². The minimum Gasteiger partial charge on any atom is -0.497 e. The summed E-state index contributed by atoms with van der Waals surface area (Å²) in [4.78, 5) is 74.2. The van der Waals surface area contributed by atoms with Crippen LogP contribution in [0.5, 0.6) is 5.75 Å². The van der Waals surface area contributed by atoms with E-state index in [4.69, 9.17) is 69.9 Å². The smallest absolute Gasteiger partial charge is 0.414 e. The van der Waals surface area contributed by atoms with Crippen molar-refractivity contribution in [2.24, 2.45) is 0 Å². The summed E-state index contributed by atoms with van der Waals surface area (Å²) in [6, 6.07) is 16.1. The average Bonchev–Trinajstić information content (AvgIpc) is 3.06. The molecule has 18 heteroatoms. The molecule has 49 heavy (non-hydrogen) atoms. The first kappa shape index (κ1) is 43.2. The number of carbonyl (C=O) groups is 7. The predicted molar refractivity (Wildman–Crippen MR) is 173 cm³/mol. The summed E-state index contributed by atoms with van der Waals surface area (Å²) in [7, 11) is 1.65. The molecule has 2 aromatic carbocycles. The number of aliphatic carboxylic acids is 6. The summed E-state index contributed by atoms with van der Waals surface area (Å²) < 4.78 is 5.26. The number of hydrogen-bond donors (Lipinski definition) is 7. The molecule has 3 rings (SSSR count). The number of nitrogen functional groups attached to an aromatic ring is 1. The monoisotopic (exact) mass is 694 g/mol. The van der Waals surface area contributed by atoms with E-state index in [1.807, 2.05) is 48.2 Å². The summed E-state index contributed by atoms with van der Waals surface area (Å²) in [6.07, 6.45) is 1.54. The fourth-order valence-corrected chi connectivity index (χ4v) is 4.18. The molecule has 0 bridgehead atoms. The van der Waals surface area contributed by atoms with Crippen LogP contribution < -0.4 is 15.4 Å². The first-order chi connectivity index (χ1) is 22.9. The number of carboxylic acids is 6. The number of methoxy groups -OCH3 is 1. The molecule has 0 saturated carbocycles. The zero-order chi connectivity index (χ0) is 37.7. The van der Waals surface area contributed by atoms with Gasteiger partial charge in [-0.2, -0.15) is 0 Å². The SMILES string of the molecule is CCC(=O)N(c1ccc(OC)cc1)C(C)CN1CCN(CCc2ccc(N)cc2)CC1.O=C(O)C(=O)O.O=C(O)C(=O)O.O=C(O)C(=O)O. The van der Waals surface area contributed by atoms with Crippen LogP contribution in [0.15, 0.2) is 48.5 Å². The zero-order valence-corrected chi connectivity index (χ0v) is 27.2. The molecule has 1 atom stereocenters. The summed E-state index contributed by atoms with van der Waals surface area (Å²) in [6.45, 7) is 10.2. The molecule has 0 aromatic heterocycles. The molecule has 1 unspecified atom stereocenters. The van der Waals surface area contributed by atoms with Gasteiger partial charge in [0.25, 0.3) is 0 Å². The summed E-state index contributed by atoms with van der Waals surface area (Å²) in [5.41, 5.74) is 8.85. The maximum atomic E-state index is 12.7. The van der Waals surface area contributed by atoms with Gasteiger partial charge in [-0.1, -0.05) is 19.1 Å². The third-order valence-corrected chi connectivity index (χ3v) is 6.60. The van der Waals surface area contributed by atoms with Gasteiger partial charge in [-0.15, -0.1) is 0 Å². The third kappa shape index (κ3) is 18.2. The second kappa shape index (κ2) is 22.7. The number of anilines is 2. The molecule has 8 N–H and O–H groups in total. The van der Waals surface area contributed by atoms with Crippen LogP contribution in [0.25, 0.3) is 0 Å². The van der Waals surface area contributed by atoms with Crippen LogP contribution in [0.4, 0.5) is 11.4 Å². The van der Waals surface area contributed by atoms with E-state index in [1.54, 1.807) is 7.11 Å². The standard InChI is InChI=1S/C25H36N4O2.3C2H2O4/c1-4-25(30)29(23-9-11-24(31-3)12-10-23)20(2)19-28-17-15-27(16-18-28)14-13-21-5-7-22(26)8-6-21;3*3-1(4)2(5)6/h5-12,20H,4,13-19,26H2,1-3H3;3*(H,3,4)(H,5,6). The Kier molecular flexibility index (Phi) is 20.1. The Bertz CT molecular complexity index is 1300. The molecular weight excluding hydrogens is 652 g/mol. The number of amides is 1. The minimum atomic E-state index is -1.82. The van der Waals surface area contributed by atoms with Crippen LogP contribution in [0.3, 0.4) is 0 Å². The molecule has 0 spiro atoms. The van der Waals surface area contributed by atoms with Crippen molar-refractivity contribution in [2.75, 3.05) is 57.0 Å². The van der Waals surface area contributed by atoms with Crippen LogP contribution in [0, 0.1) is 0 Å². The molecule has 1 saturated heterocycles. The maximum absolute atomic E-state index is 12.7. The summed E-state index contributed by atoms with van der Waals surface area (Å²) in [5, 5.41) is 44.3. The van der Waals surface area contributed by atoms with Crippen LogP contribution in [-0.4, -0.2) is 135 Å². The molecule has 0 radical (unpaired) electrons. The molecule has 1 amide bonds. The molecule has 1 fully saturated rings. The van der Waals surface area contributed by atoms with E-state index in [0.717, 1.165) is 62.8 Å². The van der Waals surface area contributed by atoms with Gasteiger partial charge in [-0.25, -0.2) is 28.8 Å². The second-order valence-corrected chi connectivity index (χ2v) is 10.1. The number of nitrogens with zero attached hydrogens (tertiary/aromatic N) is 3. The lowest BCUT2D eigenvalue weighted by atomic mass is 10.1. The van der Waals surface area contributed by atoms with Crippen molar-refractivity contribution < 1.29 is 68.9 Å². The highest BCUT2D eigenvalue weighted by atomic mass is 16.5. The minimum absolute atomic E-state index is 0.113. The fraction of sp³-hybridized carbons (Fsp3) is 0.387. The van der Waals surface area contributed by atoms with E-state index in [0.29, 0.717) is 6.42 Å². The Morgan fingerprint density at radius 2 is 1.12 bits per heavy atom. The van der Waals surface area contributed by atoms with Gasteiger partial charge in [0, 0.05) is 63.1 Å². The van der Waals surface area contributed by atoms with Gasteiger partial charge in [0.1, 0.15) is 5.75 Å². The number of ether oxygens (including phenoxy) is 1. The van der Waals surface area contributed by atoms with E-state index in [9.17, 15) is 4.79 Å². The number of nitrogens with two attached hydrogens (primary N) is 1. The van der Waals surface area contributed by atoms with Gasteiger partial charge in [-0.05, 0) is 55.3 Å². The maximum Gasteiger partial charge on any atom is 0.414 e. The molecular formula is C31H42N4O14. The second-order valence-electron chi connectivity index (χ2n) is 10.1. The van der Waals surface area contributed by atoms with Crippen molar-refractivity contribution in [2.45, 2.75) is 32.7 Å². The van der Waals surface area contributed by atoms with E-state index >= 15 is 0 Å². The third-order valence-electron chi connectivity index (χ3n) is 6.60. The molecule has 2 aromatic rings. The van der Waals surface area contributed by atoms with E-state index in [2.05, 4.69) is 28.9 Å². The van der Waals surface area contributed by atoms with Crippen LogP contribution in [0.1, 0.15) is 25.8 Å². The largest absolute Gasteiger partial charge is 0.497 e. The lowest BCUT2D eigenvalue weighted by Gasteiger charge is -2.38. The summed E-state index contributed by atoms with van der Waals surface area (Å²) >= 11 is 0. The Labute approximate surface area is 281 Å². The van der Waals surface area contributed by atoms with Crippen molar-refractivity contribution in [3.63, 3.8) is 0 Å². The number of piperazine rings is 1. The fourth-order valence-electron chi connectivity index (χ4n) is 4.18. The lowest BCUT2D eigenvalue weighted by Crippen LogP contribution is -2.52. The van der Waals surface area contributed by atoms with Gasteiger partial charge in [-0.3, -0.25) is 9.69 Å². The van der Waals surface area contributed by atoms with Gasteiger partial charge >= 0.3 is 35.8 Å². The van der Waals surface area contributed by atoms with Crippen LogP contribution >= 0.6 is 0 Å². The van der Waals surface area contributed by atoms with Gasteiger partial charge in [0.2, 0.25) is 5.91 Å². The van der Waals surface area contributed by atoms with Gasteiger partial charge in [0.15, 0.2) is 0 Å². The lowest BCUT2D eigenvalue weighted by molar-refractivity contribution is -0.159. The topological polar surface area (TPSA) is 286 Å². The van der Waals surface area contributed by atoms with Crippen LogP contribution in [0.2, 0.25) is 0 Å². The van der Waals surface area contributed by atoms with E-state index < -0.39 is 35.8 Å². The molecule has 1 aliphatic heterocycles. The number of benzene rings is 2. The zero-order valence-electron chi connectivity index (χ0n) is 27.2. The Balaban J connectivity index is 0.00000105. The highest BCUT2D eigenvalue weighted by Crippen LogP contribution is 2.23. The molecule has 18 nitrogen and oxygen atoms in total. The van der Waals surface area contributed by atoms with E-state index in [-0.39, 0.29) is 11.9 Å². The van der Waals surface area contributed by atoms with E-state index in [1.165, 1.54) is 5.56 Å². The van der Waals surface area contributed by atoms with Crippen LogP contribution in [-0.2, 0) is 40.0 Å². The molecule has 270 valence electrons. The summed E-state index contributed by atoms with van der Waals surface area (Å²) in [5.74, 6) is -9.99. The highest BCUT2D eigenvalue weighted by molar-refractivity contribution is 6.28. The number of hydrogen-bond acceptors (Lipinski definition) is 11. The number of carbonyl (C=O) groups excluding carboxylic acids is 1. The number of rotatable bonds is 9. The first-order valence-corrected chi connectivity index (χ1v) is 14.6. The average molecular weight is 695 g/mol. The quantitative estimate of drug-likeness (QED) is 0.141. The highest BCUT2D eigenvalue weighted by Gasteiger charge is 2.25. The molecule has 0 aliphatic carbocycles. The Morgan fingerprint density at radius 3 is 1.49 bits per heavy atom. The first-order valence-electron chi connectivity index (χ1n) is 14.6. The van der Waals surface area contributed by atoms with Gasteiger partial charge in [0.05, 0.1) is 7.11 Å².